The summed E-state index contributed by atoms with van der Waals surface area (Å²) in [4.78, 5) is 16.7. The molecule has 0 aromatic carbocycles. The van der Waals surface area contributed by atoms with E-state index in [0.717, 1.165) is 11.1 Å². The van der Waals surface area contributed by atoms with Gasteiger partial charge in [-0.25, -0.2) is 0 Å². The Hall–Kier alpha value is -1.76. The molecule has 0 atom stereocenters. The van der Waals surface area contributed by atoms with Crippen LogP contribution in [0.2, 0.25) is 0 Å². The Bertz CT molecular complexity index is 462. The molecule has 2 rings (SSSR count). The number of carbonyl (C=O) groups excluding carboxylic acids is 1. The summed E-state index contributed by atoms with van der Waals surface area (Å²) in [6.45, 7) is 0.867. The van der Waals surface area contributed by atoms with Crippen LogP contribution in [0.3, 0.4) is 0 Å². The van der Waals surface area contributed by atoms with E-state index < -0.39 is 17.4 Å². The number of alkyl halides is 2. The lowest BCUT2D eigenvalue weighted by atomic mass is 10.1. The van der Waals surface area contributed by atoms with E-state index in [1.807, 2.05) is 0 Å². The number of hydrogen-bond acceptors (Lipinski definition) is 4. The molecule has 19 heavy (non-hydrogen) atoms. The highest BCUT2D eigenvalue weighted by Gasteiger charge is 2.46. The monoisotopic (exact) mass is 272 g/mol. The van der Waals surface area contributed by atoms with Crippen molar-refractivity contribution >= 4 is 5.91 Å². The number of morpholine rings is 1. The van der Waals surface area contributed by atoms with Crippen molar-refractivity contribution in [2.45, 2.75) is 5.92 Å². The second kappa shape index (κ2) is 5.48. The lowest BCUT2D eigenvalue weighted by molar-refractivity contribution is -0.163. The first-order chi connectivity index (χ1) is 9.07. The molecule has 1 saturated heterocycles. The van der Waals surface area contributed by atoms with Gasteiger partial charge in [-0.2, -0.15) is 8.78 Å². The van der Waals surface area contributed by atoms with E-state index in [1.165, 1.54) is 19.4 Å². The van der Waals surface area contributed by atoms with Crippen molar-refractivity contribution in [3.05, 3.63) is 24.0 Å². The zero-order valence-corrected chi connectivity index (χ0v) is 10.4. The Morgan fingerprint density at radius 1 is 1.47 bits per heavy atom. The van der Waals surface area contributed by atoms with Gasteiger partial charge in [0.1, 0.15) is 5.75 Å². The van der Waals surface area contributed by atoms with Gasteiger partial charge in [0, 0.05) is 25.5 Å². The molecule has 0 unspecified atom stereocenters. The molecule has 0 spiro atoms. The minimum absolute atomic E-state index is 0.0541. The zero-order chi connectivity index (χ0) is 13.9. The fraction of sp³-hybridized carbons (Fsp3) is 0.500. The van der Waals surface area contributed by atoms with Crippen molar-refractivity contribution in [2.75, 3.05) is 33.4 Å². The Morgan fingerprint density at radius 2 is 2.16 bits per heavy atom. The number of carbonyl (C=O) groups is 1. The molecule has 1 aliphatic heterocycles. The maximum absolute atomic E-state index is 14.2. The van der Waals surface area contributed by atoms with Gasteiger partial charge in [-0.05, 0) is 6.07 Å². The van der Waals surface area contributed by atoms with Crippen molar-refractivity contribution < 1.29 is 23.0 Å². The van der Waals surface area contributed by atoms with Crippen LogP contribution in [0.25, 0.3) is 0 Å². The van der Waals surface area contributed by atoms with E-state index in [-0.39, 0.29) is 32.1 Å². The summed E-state index contributed by atoms with van der Waals surface area (Å²) in [5.74, 6) is -4.96. The SMILES string of the molecule is COc1ccncc1C(F)(F)C(=O)N1CCOCC1. The van der Waals surface area contributed by atoms with Crippen LogP contribution in [0.5, 0.6) is 5.75 Å². The lowest BCUT2D eigenvalue weighted by Crippen LogP contribution is -2.47. The summed E-state index contributed by atoms with van der Waals surface area (Å²) < 4.78 is 38.4. The number of ether oxygens (including phenoxy) is 2. The van der Waals surface area contributed by atoms with Crippen LogP contribution in [0.15, 0.2) is 18.5 Å². The van der Waals surface area contributed by atoms with Gasteiger partial charge in [0.15, 0.2) is 0 Å². The zero-order valence-electron chi connectivity index (χ0n) is 10.4. The molecule has 104 valence electrons. The molecule has 0 N–H and O–H groups in total. The molecular formula is C12H14F2N2O3. The Balaban J connectivity index is 2.27. The number of amides is 1. The first-order valence-electron chi connectivity index (χ1n) is 5.80. The van der Waals surface area contributed by atoms with Gasteiger partial charge in [0.2, 0.25) is 0 Å². The maximum atomic E-state index is 14.2. The van der Waals surface area contributed by atoms with Gasteiger partial charge in [-0.3, -0.25) is 9.78 Å². The van der Waals surface area contributed by atoms with Gasteiger partial charge in [-0.1, -0.05) is 0 Å². The second-order valence-electron chi connectivity index (χ2n) is 4.05. The third-order valence-electron chi connectivity index (χ3n) is 2.91. The Morgan fingerprint density at radius 3 is 2.79 bits per heavy atom. The normalized spacial score (nSPS) is 16.3. The standard InChI is InChI=1S/C12H14F2N2O3/c1-18-10-2-3-15-8-9(10)12(13,14)11(17)16-4-6-19-7-5-16/h2-3,8H,4-7H2,1H3. The number of rotatable bonds is 3. The second-order valence-corrected chi connectivity index (χ2v) is 4.05. The number of hydrogen-bond donors (Lipinski definition) is 0. The van der Waals surface area contributed by atoms with Crippen LogP contribution in [0.4, 0.5) is 8.78 Å². The predicted octanol–water partition coefficient (Wildman–Crippen LogP) is 1.04. The van der Waals surface area contributed by atoms with E-state index in [2.05, 4.69) is 4.98 Å². The average Bonchev–Trinajstić information content (AvgIpc) is 2.47. The molecule has 1 aromatic rings. The fourth-order valence-electron chi connectivity index (χ4n) is 1.88. The van der Waals surface area contributed by atoms with Crippen molar-refractivity contribution in [1.82, 2.24) is 9.88 Å². The highest BCUT2D eigenvalue weighted by Crippen LogP contribution is 2.35. The molecule has 0 aliphatic carbocycles. The number of pyridine rings is 1. The third kappa shape index (κ3) is 2.65. The summed E-state index contributed by atoms with van der Waals surface area (Å²) in [6.07, 6.45) is 2.29. The number of nitrogens with zero attached hydrogens (tertiary/aromatic N) is 2. The molecule has 1 fully saturated rings. The summed E-state index contributed by atoms with van der Waals surface area (Å²) in [6, 6.07) is 1.30. The van der Waals surface area contributed by atoms with Crippen molar-refractivity contribution in [3.63, 3.8) is 0 Å². The van der Waals surface area contributed by atoms with Crippen LogP contribution in [-0.4, -0.2) is 49.2 Å². The minimum atomic E-state index is -3.66. The summed E-state index contributed by atoms with van der Waals surface area (Å²) in [7, 11) is 1.27. The molecule has 0 radical (unpaired) electrons. The van der Waals surface area contributed by atoms with Crippen LogP contribution >= 0.6 is 0 Å². The van der Waals surface area contributed by atoms with Gasteiger partial charge in [-0.15, -0.1) is 0 Å². The highest BCUT2D eigenvalue weighted by molar-refractivity contribution is 5.85. The number of methoxy groups -OCH3 is 1. The minimum Gasteiger partial charge on any atom is -0.496 e. The van der Waals surface area contributed by atoms with Gasteiger partial charge >= 0.3 is 5.92 Å². The van der Waals surface area contributed by atoms with Crippen LogP contribution in [0.1, 0.15) is 5.56 Å². The molecule has 7 heteroatoms. The smallest absolute Gasteiger partial charge is 0.354 e. The Kier molecular flexibility index (Phi) is 3.94. The van der Waals surface area contributed by atoms with Crippen molar-refractivity contribution in [2.24, 2.45) is 0 Å². The number of halogens is 2. The van der Waals surface area contributed by atoms with Crippen molar-refractivity contribution in [1.29, 1.82) is 0 Å². The molecule has 1 amide bonds. The Labute approximate surface area is 109 Å². The third-order valence-corrected chi connectivity index (χ3v) is 2.91. The highest BCUT2D eigenvalue weighted by atomic mass is 19.3. The van der Waals surface area contributed by atoms with E-state index in [0.29, 0.717) is 0 Å². The molecule has 0 bridgehead atoms. The van der Waals surface area contributed by atoms with E-state index >= 15 is 0 Å². The topological polar surface area (TPSA) is 51.7 Å². The lowest BCUT2D eigenvalue weighted by Gasteiger charge is -2.30. The van der Waals surface area contributed by atoms with Crippen LogP contribution < -0.4 is 4.74 Å². The quantitative estimate of drug-likeness (QED) is 0.825. The summed E-state index contributed by atoms with van der Waals surface area (Å²) >= 11 is 0. The van der Waals surface area contributed by atoms with Gasteiger partial charge in [0.05, 0.1) is 25.9 Å². The predicted molar refractivity (Wildman–Crippen MR) is 62.1 cm³/mol. The molecule has 1 aromatic heterocycles. The molecule has 0 saturated carbocycles. The van der Waals surface area contributed by atoms with E-state index in [4.69, 9.17) is 9.47 Å². The first-order valence-corrected chi connectivity index (χ1v) is 5.80. The van der Waals surface area contributed by atoms with Crippen LogP contribution in [-0.2, 0) is 15.5 Å². The van der Waals surface area contributed by atoms with Crippen LogP contribution in [0, 0.1) is 0 Å². The summed E-state index contributed by atoms with van der Waals surface area (Å²) in [5.41, 5.74) is -0.519. The first kappa shape index (κ1) is 13.7. The summed E-state index contributed by atoms with van der Waals surface area (Å²) in [5, 5.41) is 0. The average molecular weight is 272 g/mol. The molecule has 5 nitrogen and oxygen atoms in total. The fourth-order valence-corrected chi connectivity index (χ4v) is 1.88. The number of aromatic nitrogens is 1. The largest absolute Gasteiger partial charge is 0.496 e. The van der Waals surface area contributed by atoms with Gasteiger partial charge in [0.25, 0.3) is 5.91 Å². The van der Waals surface area contributed by atoms with E-state index in [1.54, 1.807) is 0 Å². The molecule has 1 aliphatic rings. The van der Waals surface area contributed by atoms with E-state index in [9.17, 15) is 13.6 Å². The van der Waals surface area contributed by atoms with Gasteiger partial charge < -0.3 is 14.4 Å². The molecule has 2 heterocycles. The maximum Gasteiger partial charge on any atom is 0.354 e. The molecular weight excluding hydrogens is 258 g/mol. The van der Waals surface area contributed by atoms with Crippen molar-refractivity contribution in [3.8, 4) is 5.75 Å².